The van der Waals surface area contributed by atoms with Crippen molar-refractivity contribution in [3.8, 4) is 5.69 Å². The molecule has 2 N–H and O–H groups in total. The molecule has 0 saturated carbocycles. The standard InChI is InChI=1S/C14H13Cl2F3N2/c15-9-7-11(14(17,18)19)13(12(16)8-9)21-6-2-4-10(21)3-1-5-20/h2,4,6-8H,1,3,5,20H2. The third-order valence-corrected chi connectivity index (χ3v) is 3.55. The molecule has 21 heavy (non-hydrogen) atoms. The number of aromatic nitrogens is 1. The largest absolute Gasteiger partial charge is 0.418 e. The highest BCUT2D eigenvalue weighted by Gasteiger charge is 2.35. The van der Waals surface area contributed by atoms with Crippen LogP contribution in [-0.4, -0.2) is 11.1 Å². The summed E-state index contributed by atoms with van der Waals surface area (Å²) in [5.41, 5.74) is 5.21. The van der Waals surface area contributed by atoms with Gasteiger partial charge in [-0.2, -0.15) is 13.2 Å². The SMILES string of the molecule is NCCCc1cccn1-c1c(Cl)cc(Cl)cc1C(F)(F)F. The predicted octanol–water partition coefficient (Wildman–Crippen LogP) is 4.69. The van der Waals surface area contributed by atoms with Crippen molar-refractivity contribution in [1.82, 2.24) is 4.57 Å². The number of rotatable bonds is 4. The van der Waals surface area contributed by atoms with E-state index in [1.165, 1.54) is 10.6 Å². The lowest BCUT2D eigenvalue weighted by Crippen LogP contribution is -2.13. The smallest absolute Gasteiger partial charge is 0.330 e. The number of nitrogens with two attached hydrogens (primary N) is 1. The van der Waals surface area contributed by atoms with E-state index in [4.69, 9.17) is 28.9 Å². The van der Waals surface area contributed by atoms with Crippen molar-refractivity contribution in [3.63, 3.8) is 0 Å². The van der Waals surface area contributed by atoms with Crippen molar-refractivity contribution in [2.45, 2.75) is 19.0 Å². The third kappa shape index (κ3) is 3.54. The molecule has 2 rings (SSSR count). The summed E-state index contributed by atoms with van der Waals surface area (Å²) in [6, 6.07) is 5.62. The lowest BCUT2D eigenvalue weighted by atomic mass is 10.1. The Labute approximate surface area is 130 Å². The molecule has 0 atom stereocenters. The molecular formula is C14H13Cl2F3N2. The Morgan fingerprint density at radius 2 is 1.90 bits per heavy atom. The predicted molar refractivity (Wildman–Crippen MR) is 78.2 cm³/mol. The highest BCUT2D eigenvalue weighted by molar-refractivity contribution is 6.36. The molecule has 1 aromatic carbocycles. The highest BCUT2D eigenvalue weighted by atomic mass is 35.5. The number of aryl methyl sites for hydroxylation is 1. The maximum absolute atomic E-state index is 13.2. The van der Waals surface area contributed by atoms with Crippen molar-refractivity contribution >= 4 is 23.2 Å². The van der Waals surface area contributed by atoms with E-state index in [-0.39, 0.29) is 15.7 Å². The summed E-state index contributed by atoms with van der Waals surface area (Å²) in [7, 11) is 0. The molecule has 1 heterocycles. The van der Waals surface area contributed by atoms with Crippen molar-refractivity contribution in [1.29, 1.82) is 0 Å². The summed E-state index contributed by atoms with van der Waals surface area (Å²) in [6.07, 6.45) is -1.74. The number of halogens is 5. The number of hydrogen-bond acceptors (Lipinski definition) is 1. The van der Waals surface area contributed by atoms with Crippen LogP contribution in [0.2, 0.25) is 10.0 Å². The third-order valence-electron chi connectivity index (χ3n) is 3.04. The lowest BCUT2D eigenvalue weighted by Gasteiger charge is -2.18. The van der Waals surface area contributed by atoms with E-state index in [0.29, 0.717) is 19.4 Å². The molecule has 7 heteroatoms. The van der Waals surface area contributed by atoms with Gasteiger partial charge in [0.2, 0.25) is 0 Å². The molecule has 0 aliphatic carbocycles. The molecule has 0 fully saturated rings. The van der Waals surface area contributed by atoms with Gasteiger partial charge in [-0.3, -0.25) is 0 Å². The first-order chi connectivity index (χ1) is 9.84. The zero-order valence-corrected chi connectivity index (χ0v) is 12.4. The van der Waals surface area contributed by atoms with Crippen LogP contribution in [0.1, 0.15) is 17.7 Å². The molecule has 2 aromatic rings. The normalized spacial score (nSPS) is 11.9. The van der Waals surface area contributed by atoms with Crippen LogP contribution in [0.4, 0.5) is 13.2 Å². The van der Waals surface area contributed by atoms with Crippen LogP contribution in [0, 0.1) is 0 Å². The van der Waals surface area contributed by atoms with Crippen LogP contribution in [0.3, 0.4) is 0 Å². The summed E-state index contributed by atoms with van der Waals surface area (Å²) in [6.45, 7) is 0.464. The minimum absolute atomic E-state index is 0.0416. The Morgan fingerprint density at radius 3 is 2.52 bits per heavy atom. The Morgan fingerprint density at radius 1 is 1.19 bits per heavy atom. The van der Waals surface area contributed by atoms with Crippen LogP contribution in [0.15, 0.2) is 30.5 Å². The zero-order chi connectivity index (χ0) is 15.6. The van der Waals surface area contributed by atoms with E-state index in [9.17, 15) is 13.2 Å². The van der Waals surface area contributed by atoms with Gasteiger partial charge in [0.05, 0.1) is 16.3 Å². The maximum atomic E-state index is 13.2. The Bertz CT molecular complexity index is 636. The number of nitrogens with zero attached hydrogens (tertiary/aromatic N) is 1. The quantitative estimate of drug-likeness (QED) is 0.862. The number of hydrogen-bond donors (Lipinski definition) is 1. The monoisotopic (exact) mass is 336 g/mol. The van der Waals surface area contributed by atoms with Gasteiger partial charge < -0.3 is 10.3 Å². The number of benzene rings is 1. The second-order valence-corrected chi connectivity index (χ2v) is 5.39. The zero-order valence-electron chi connectivity index (χ0n) is 10.9. The van der Waals surface area contributed by atoms with Crippen LogP contribution in [-0.2, 0) is 12.6 Å². The summed E-state index contributed by atoms with van der Waals surface area (Å²) in [5.74, 6) is 0. The van der Waals surface area contributed by atoms with Gasteiger partial charge >= 0.3 is 6.18 Å². The molecule has 2 nitrogen and oxygen atoms in total. The Hall–Kier alpha value is -1.17. The Balaban J connectivity index is 2.61. The van der Waals surface area contributed by atoms with E-state index in [0.717, 1.165) is 11.8 Å². The van der Waals surface area contributed by atoms with Gasteiger partial charge in [0.1, 0.15) is 0 Å². The van der Waals surface area contributed by atoms with Crippen LogP contribution >= 0.6 is 23.2 Å². The maximum Gasteiger partial charge on any atom is 0.418 e. The van der Waals surface area contributed by atoms with Gasteiger partial charge in [-0.15, -0.1) is 0 Å². The summed E-state index contributed by atoms with van der Waals surface area (Å²) < 4.78 is 41.1. The summed E-state index contributed by atoms with van der Waals surface area (Å²) in [4.78, 5) is 0. The molecule has 114 valence electrons. The average molecular weight is 337 g/mol. The molecule has 0 amide bonds. The van der Waals surface area contributed by atoms with Crippen molar-refractivity contribution in [2.75, 3.05) is 6.54 Å². The van der Waals surface area contributed by atoms with Crippen LogP contribution in [0.5, 0.6) is 0 Å². The van der Waals surface area contributed by atoms with Gasteiger partial charge in [0, 0.05) is 16.9 Å². The lowest BCUT2D eigenvalue weighted by molar-refractivity contribution is -0.137. The molecule has 0 saturated heterocycles. The van der Waals surface area contributed by atoms with E-state index in [1.807, 2.05) is 0 Å². The minimum atomic E-state index is -4.54. The van der Waals surface area contributed by atoms with Crippen molar-refractivity contribution in [3.05, 3.63) is 51.8 Å². The summed E-state index contributed by atoms with van der Waals surface area (Å²) in [5, 5.41) is -0.0910. The highest BCUT2D eigenvalue weighted by Crippen LogP contribution is 2.40. The molecular weight excluding hydrogens is 324 g/mol. The molecule has 0 aliphatic rings. The van der Waals surface area contributed by atoms with Gasteiger partial charge in [-0.1, -0.05) is 23.2 Å². The van der Waals surface area contributed by atoms with Gasteiger partial charge in [0.15, 0.2) is 0 Å². The fourth-order valence-electron chi connectivity index (χ4n) is 2.15. The van der Waals surface area contributed by atoms with Gasteiger partial charge in [-0.25, -0.2) is 0 Å². The average Bonchev–Trinajstić information content (AvgIpc) is 2.82. The van der Waals surface area contributed by atoms with Crippen LogP contribution < -0.4 is 5.73 Å². The van der Waals surface area contributed by atoms with Crippen molar-refractivity contribution in [2.24, 2.45) is 5.73 Å². The van der Waals surface area contributed by atoms with E-state index < -0.39 is 11.7 Å². The fourth-order valence-corrected chi connectivity index (χ4v) is 2.73. The second-order valence-electron chi connectivity index (χ2n) is 4.54. The Kier molecular flexibility index (Phi) is 4.86. The minimum Gasteiger partial charge on any atom is -0.330 e. The molecule has 0 spiro atoms. The van der Waals surface area contributed by atoms with Crippen molar-refractivity contribution < 1.29 is 13.2 Å². The fraction of sp³-hybridized carbons (Fsp3) is 0.286. The van der Waals surface area contributed by atoms with E-state index >= 15 is 0 Å². The first-order valence-corrected chi connectivity index (χ1v) is 7.03. The first kappa shape index (κ1) is 16.2. The van der Waals surface area contributed by atoms with Gasteiger partial charge in [0.25, 0.3) is 0 Å². The van der Waals surface area contributed by atoms with Gasteiger partial charge in [-0.05, 0) is 43.7 Å². The molecule has 0 bridgehead atoms. The topological polar surface area (TPSA) is 30.9 Å². The van der Waals surface area contributed by atoms with E-state index in [2.05, 4.69) is 0 Å². The summed E-state index contributed by atoms with van der Waals surface area (Å²) >= 11 is 11.7. The first-order valence-electron chi connectivity index (χ1n) is 6.27. The molecule has 0 unspecified atom stereocenters. The van der Waals surface area contributed by atoms with E-state index in [1.54, 1.807) is 18.3 Å². The number of alkyl halides is 3. The van der Waals surface area contributed by atoms with Crippen LogP contribution in [0.25, 0.3) is 5.69 Å². The second kappa shape index (κ2) is 6.30. The molecule has 0 aliphatic heterocycles. The molecule has 0 radical (unpaired) electrons. The molecule has 1 aromatic heterocycles.